The first-order chi connectivity index (χ1) is 14.8. The third-order valence-electron chi connectivity index (χ3n) is 5.03. The van der Waals surface area contributed by atoms with Crippen LogP contribution < -0.4 is 5.73 Å². The molecule has 0 aliphatic heterocycles. The molecule has 0 unspecified atom stereocenters. The minimum absolute atomic E-state index is 0.416. The Bertz CT molecular complexity index is 1200. The Morgan fingerprint density at radius 3 is 2.42 bits per heavy atom. The molecule has 4 rings (SSSR count). The van der Waals surface area contributed by atoms with Crippen LogP contribution in [-0.2, 0) is 25.4 Å². The molecule has 0 aliphatic rings. The Morgan fingerprint density at radius 1 is 0.935 bits per heavy atom. The Labute approximate surface area is 177 Å². The summed E-state index contributed by atoms with van der Waals surface area (Å²) in [6.07, 6.45) is -1.55. The van der Waals surface area contributed by atoms with E-state index >= 15 is 0 Å². The van der Waals surface area contributed by atoms with Crippen LogP contribution in [-0.4, -0.2) is 15.1 Å². The van der Waals surface area contributed by atoms with Crippen molar-refractivity contribution < 1.29 is 17.7 Å². The first-order valence-electron chi connectivity index (χ1n) is 10.0. The largest absolute Gasteiger partial charge is 0.416 e. The van der Waals surface area contributed by atoms with Gasteiger partial charge in [0.15, 0.2) is 0 Å². The highest BCUT2D eigenvalue weighted by Gasteiger charge is 2.29. The number of nitrogens with two attached hydrogens (primary N) is 1. The maximum Gasteiger partial charge on any atom is 0.416 e. The molecule has 5 nitrogen and oxygen atoms in total. The predicted octanol–water partition coefficient (Wildman–Crippen LogP) is 5.62. The molecule has 0 atom stereocenters. The molecule has 0 fully saturated rings. The fourth-order valence-corrected chi connectivity index (χ4v) is 3.42. The van der Waals surface area contributed by atoms with Crippen LogP contribution in [0.4, 0.5) is 18.9 Å². The number of hydrogen-bond acceptors (Lipinski definition) is 5. The molecule has 0 saturated carbocycles. The second-order valence-corrected chi connectivity index (χ2v) is 7.39. The Morgan fingerprint density at radius 2 is 1.71 bits per heavy atom. The quantitative estimate of drug-likeness (QED) is 0.433. The molecule has 160 valence electrons. The van der Waals surface area contributed by atoms with Gasteiger partial charge in [0.2, 0.25) is 11.7 Å². The number of nitrogen functional groups attached to an aromatic ring is 1. The van der Waals surface area contributed by atoms with Crippen molar-refractivity contribution in [3.63, 3.8) is 0 Å². The normalized spacial score (nSPS) is 11.9. The van der Waals surface area contributed by atoms with Gasteiger partial charge < -0.3 is 10.3 Å². The van der Waals surface area contributed by atoms with Crippen molar-refractivity contribution in [1.29, 1.82) is 0 Å². The average Bonchev–Trinajstić information content (AvgIpc) is 3.21. The van der Waals surface area contributed by atoms with Gasteiger partial charge in [-0.25, -0.2) is 0 Å². The smallest absolute Gasteiger partial charge is 0.398 e. The number of aryl methyl sites for hydroxylation is 3. The van der Waals surface area contributed by atoms with Crippen LogP contribution in [0.15, 0.2) is 53.1 Å². The molecule has 0 radical (unpaired) electrons. The van der Waals surface area contributed by atoms with Gasteiger partial charge in [0.25, 0.3) is 0 Å². The minimum Gasteiger partial charge on any atom is -0.398 e. The first-order valence-corrected chi connectivity index (χ1v) is 10.0. The number of rotatable bonds is 6. The van der Waals surface area contributed by atoms with E-state index in [1.807, 2.05) is 24.3 Å². The Balaban J connectivity index is 1.48. The summed E-state index contributed by atoms with van der Waals surface area (Å²) in [5, 5.41) is 4.86. The van der Waals surface area contributed by atoms with Gasteiger partial charge in [0.05, 0.1) is 11.1 Å². The van der Waals surface area contributed by atoms with Crippen LogP contribution in [0.25, 0.3) is 22.3 Å². The zero-order valence-corrected chi connectivity index (χ0v) is 16.9. The second kappa shape index (κ2) is 8.37. The van der Waals surface area contributed by atoms with Gasteiger partial charge in [-0.15, -0.1) is 0 Å². The molecule has 8 heteroatoms. The van der Waals surface area contributed by atoms with E-state index in [0.29, 0.717) is 30.2 Å². The van der Waals surface area contributed by atoms with Gasteiger partial charge in [-0.3, -0.25) is 4.98 Å². The second-order valence-electron chi connectivity index (χ2n) is 7.39. The summed E-state index contributed by atoms with van der Waals surface area (Å²) in [6, 6.07) is 12.6. The molecule has 0 aliphatic carbocycles. The maximum absolute atomic E-state index is 12.7. The molecule has 2 N–H and O–H groups in total. The highest BCUT2D eigenvalue weighted by atomic mass is 19.4. The molecule has 31 heavy (non-hydrogen) atoms. The zero-order valence-electron chi connectivity index (χ0n) is 16.9. The molecule has 4 aromatic rings. The van der Waals surface area contributed by atoms with Crippen LogP contribution in [0.5, 0.6) is 0 Å². The summed E-state index contributed by atoms with van der Waals surface area (Å²) < 4.78 is 43.3. The monoisotopic (exact) mass is 426 g/mol. The molecule has 0 spiro atoms. The topological polar surface area (TPSA) is 77.8 Å². The highest BCUT2D eigenvalue weighted by Crippen LogP contribution is 2.29. The van der Waals surface area contributed by atoms with E-state index in [9.17, 15) is 13.2 Å². The van der Waals surface area contributed by atoms with Crippen LogP contribution >= 0.6 is 0 Å². The van der Waals surface area contributed by atoms with Crippen molar-refractivity contribution in [1.82, 2.24) is 15.1 Å². The van der Waals surface area contributed by atoms with E-state index in [4.69, 9.17) is 10.3 Å². The molecular weight excluding hydrogens is 405 g/mol. The van der Waals surface area contributed by atoms with Gasteiger partial charge in [-0.05, 0) is 54.8 Å². The van der Waals surface area contributed by atoms with Crippen molar-refractivity contribution in [2.75, 3.05) is 5.73 Å². The van der Waals surface area contributed by atoms with Crippen molar-refractivity contribution in [2.45, 2.75) is 38.8 Å². The van der Waals surface area contributed by atoms with Crippen molar-refractivity contribution >= 4 is 16.6 Å². The maximum atomic E-state index is 12.7. The fourth-order valence-electron chi connectivity index (χ4n) is 3.42. The Kier molecular flexibility index (Phi) is 5.63. The molecule has 0 saturated heterocycles. The third-order valence-corrected chi connectivity index (χ3v) is 5.03. The van der Waals surface area contributed by atoms with Crippen LogP contribution in [0, 0.1) is 0 Å². The highest BCUT2D eigenvalue weighted by molar-refractivity contribution is 5.93. The van der Waals surface area contributed by atoms with Gasteiger partial charge in [-0.2, -0.15) is 18.2 Å². The van der Waals surface area contributed by atoms with E-state index in [-0.39, 0.29) is 0 Å². The van der Waals surface area contributed by atoms with Crippen LogP contribution in [0.1, 0.15) is 36.1 Å². The Hall–Kier alpha value is -3.42. The molecule has 0 amide bonds. The first kappa shape index (κ1) is 20.8. The molecule has 2 heterocycles. The van der Waals surface area contributed by atoms with E-state index < -0.39 is 11.7 Å². The number of benzene rings is 2. The third kappa shape index (κ3) is 4.68. The SMILES string of the molecule is CCCc1cc(N)c2cc(-c3noc(CCc4ccc(C(F)(F)F)cc4)n3)ccc2n1. The number of aromatic nitrogens is 3. The van der Waals surface area contributed by atoms with Gasteiger partial charge >= 0.3 is 6.18 Å². The lowest BCUT2D eigenvalue weighted by molar-refractivity contribution is -0.137. The molecular formula is C23H21F3N4O. The lowest BCUT2D eigenvalue weighted by Crippen LogP contribution is -2.04. The minimum atomic E-state index is -4.34. The number of hydrogen-bond donors (Lipinski definition) is 1. The lowest BCUT2D eigenvalue weighted by atomic mass is 10.1. The lowest BCUT2D eigenvalue weighted by Gasteiger charge is -2.07. The van der Waals surface area contributed by atoms with Gasteiger partial charge in [0.1, 0.15) is 0 Å². The summed E-state index contributed by atoms with van der Waals surface area (Å²) in [4.78, 5) is 9.05. The van der Waals surface area contributed by atoms with Crippen molar-refractivity contribution in [3.8, 4) is 11.4 Å². The summed E-state index contributed by atoms with van der Waals surface area (Å²) in [5.41, 5.74) is 9.51. The van der Waals surface area contributed by atoms with Crippen LogP contribution in [0.2, 0.25) is 0 Å². The summed E-state index contributed by atoms with van der Waals surface area (Å²) in [7, 11) is 0. The summed E-state index contributed by atoms with van der Waals surface area (Å²) in [6.45, 7) is 2.09. The fraction of sp³-hybridized carbons (Fsp3) is 0.261. The van der Waals surface area contributed by atoms with Gasteiger partial charge in [-0.1, -0.05) is 30.6 Å². The standard InChI is InChI=1S/C23H21F3N4O/c1-2-3-17-13-19(27)18-12-15(7-10-20(18)28-17)22-29-21(31-30-22)11-6-14-4-8-16(9-5-14)23(24,25)26/h4-5,7-10,12-13H,2-3,6,11H2,1H3,(H2,27,28). The van der Waals surface area contributed by atoms with E-state index in [1.54, 1.807) is 0 Å². The molecule has 2 aromatic carbocycles. The summed E-state index contributed by atoms with van der Waals surface area (Å²) >= 11 is 0. The molecule has 0 bridgehead atoms. The number of pyridine rings is 1. The number of anilines is 1. The van der Waals surface area contributed by atoms with E-state index in [1.165, 1.54) is 12.1 Å². The number of alkyl halides is 3. The van der Waals surface area contributed by atoms with Crippen molar-refractivity contribution in [3.05, 3.63) is 71.2 Å². The number of fused-ring (bicyclic) bond motifs is 1. The van der Waals surface area contributed by atoms with E-state index in [2.05, 4.69) is 22.0 Å². The van der Waals surface area contributed by atoms with Crippen LogP contribution in [0.3, 0.4) is 0 Å². The number of nitrogens with zero attached hydrogens (tertiary/aromatic N) is 3. The van der Waals surface area contributed by atoms with E-state index in [0.717, 1.165) is 52.7 Å². The average molecular weight is 426 g/mol. The predicted molar refractivity (Wildman–Crippen MR) is 112 cm³/mol. The zero-order chi connectivity index (χ0) is 22.0. The van der Waals surface area contributed by atoms with Gasteiger partial charge in [0, 0.05) is 28.8 Å². The van der Waals surface area contributed by atoms with Crippen molar-refractivity contribution in [2.24, 2.45) is 0 Å². The summed E-state index contributed by atoms with van der Waals surface area (Å²) in [5.74, 6) is 0.848. The molecule has 2 aromatic heterocycles. The number of halogens is 3.